The van der Waals surface area contributed by atoms with Gasteiger partial charge in [0, 0.05) is 13.0 Å². The van der Waals surface area contributed by atoms with Crippen LogP contribution in [-0.2, 0) is 18.3 Å². The van der Waals surface area contributed by atoms with Gasteiger partial charge in [-0.15, -0.1) is 0 Å². The number of rotatable bonds is 8. The van der Waals surface area contributed by atoms with Crippen LogP contribution in [-0.4, -0.2) is 32.3 Å². The van der Waals surface area contributed by atoms with Crippen LogP contribution in [0.15, 0.2) is 47.3 Å². The Morgan fingerprint density at radius 3 is 2.42 bits per heavy atom. The number of carbonyl (C=O) groups is 1. The number of aryl methyl sites for hydroxylation is 2. The van der Waals surface area contributed by atoms with E-state index in [9.17, 15) is 9.59 Å². The zero-order chi connectivity index (χ0) is 31.5. The third kappa shape index (κ3) is 7.63. The van der Waals surface area contributed by atoms with Gasteiger partial charge >= 0.3 is 0 Å². The van der Waals surface area contributed by atoms with Crippen molar-refractivity contribution < 1.29 is 9.53 Å². The van der Waals surface area contributed by atoms with Gasteiger partial charge < -0.3 is 20.8 Å². The highest BCUT2D eigenvalue weighted by molar-refractivity contribution is 5.95. The number of aromatic nitrogens is 4. The van der Waals surface area contributed by atoms with Crippen molar-refractivity contribution in [2.45, 2.75) is 86.0 Å². The molecule has 1 fully saturated rings. The van der Waals surface area contributed by atoms with E-state index >= 15 is 0 Å². The first-order chi connectivity index (χ1) is 20.9. The molecule has 0 atom stereocenters. The van der Waals surface area contributed by atoms with E-state index < -0.39 is 0 Å². The van der Waals surface area contributed by atoms with Crippen molar-refractivity contribution in [2.75, 3.05) is 17.7 Å². The first-order valence-electron chi connectivity index (χ1n) is 15.8. The molecular weight excluding hydrogens is 540 g/mol. The second kappa shape index (κ2) is 15.9. The van der Waals surface area contributed by atoms with Crippen molar-refractivity contribution in [3.05, 3.63) is 64.1 Å². The van der Waals surface area contributed by atoms with Crippen molar-refractivity contribution in [3.8, 4) is 17.1 Å². The number of hydrogen-bond acceptors (Lipinski definition) is 6. The minimum atomic E-state index is -0.217. The molecule has 0 saturated heterocycles. The topological polar surface area (TPSA) is 128 Å². The van der Waals surface area contributed by atoms with E-state index in [1.165, 1.54) is 0 Å². The van der Waals surface area contributed by atoms with Crippen LogP contribution < -0.4 is 21.3 Å². The van der Waals surface area contributed by atoms with E-state index in [1.54, 1.807) is 17.8 Å². The number of benzene rings is 2. The molecule has 0 aliphatic heterocycles. The molecule has 5 rings (SSSR count). The Morgan fingerprint density at radius 2 is 1.77 bits per heavy atom. The Hall–Kier alpha value is -4.14. The fourth-order valence-electron chi connectivity index (χ4n) is 5.58. The minimum Gasteiger partial charge on any atom is -0.493 e. The van der Waals surface area contributed by atoms with Crippen LogP contribution in [0.25, 0.3) is 22.4 Å². The lowest BCUT2D eigenvalue weighted by Crippen LogP contribution is -2.27. The Bertz CT molecular complexity index is 1550. The predicted octanol–water partition coefficient (Wildman–Crippen LogP) is 7.22. The van der Waals surface area contributed by atoms with Crippen LogP contribution in [0.5, 0.6) is 5.75 Å². The van der Waals surface area contributed by atoms with Gasteiger partial charge in [0.25, 0.3) is 5.56 Å². The zero-order valence-electron chi connectivity index (χ0n) is 26.8. The summed E-state index contributed by atoms with van der Waals surface area (Å²) in [6.45, 7) is 12.5. The maximum Gasteiger partial charge on any atom is 0.277 e. The fraction of sp³-hybridized carbons (Fsp3) is 0.471. The summed E-state index contributed by atoms with van der Waals surface area (Å²) in [5, 5.41) is 7.53. The Kier molecular flexibility index (Phi) is 12.3. The lowest BCUT2D eigenvalue weighted by Gasteiger charge is -2.28. The number of para-hydroxylation sites is 2. The average molecular weight is 589 g/mol. The van der Waals surface area contributed by atoms with Crippen LogP contribution in [0, 0.1) is 5.92 Å². The van der Waals surface area contributed by atoms with Gasteiger partial charge in [0.05, 0.1) is 29.2 Å². The van der Waals surface area contributed by atoms with Crippen LogP contribution in [0.2, 0.25) is 0 Å². The van der Waals surface area contributed by atoms with Crippen molar-refractivity contribution in [3.63, 3.8) is 0 Å². The van der Waals surface area contributed by atoms with E-state index in [0.29, 0.717) is 46.5 Å². The maximum atomic E-state index is 13.1. The zero-order valence-corrected chi connectivity index (χ0v) is 26.8. The molecule has 0 unspecified atom stereocenters. The summed E-state index contributed by atoms with van der Waals surface area (Å²) >= 11 is 0. The monoisotopic (exact) mass is 588 g/mol. The van der Waals surface area contributed by atoms with Crippen molar-refractivity contribution in [2.24, 2.45) is 13.0 Å². The molecule has 232 valence electrons. The average Bonchev–Trinajstić information content (AvgIpc) is 3.36. The van der Waals surface area contributed by atoms with Crippen molar-refractivity contribution >= 4 is 28.3 Å². The summed E-state index contributed by atoms with van der Waals surface area (Å²) < 4.78 is 7.55. The number of H-pyrrole nitrogens is 1. The number of nitrogens with two attached hydrogens (primary N) is 1. The van der Waals surface area contributed by atoms with E-state index in [1.807, 2.05) is 58.9 Å². The standard InChI is InChI=1S/C30H36N6O3.2C2H6/c1-4-8-24-26-27(36(3)35-24)30(38)34-28(33-26)21-17-20(15-16-25(21)39-5-2)18-11-13-19(14-12-18)29(37)32-23-10-7-6-9-22(23)31;2*1-2/h6-7,9-10,15-19H,4-5,8,11-14,31H2,1-3H3,(H,32,37)(H,33,34,38);2*1-2H3. The van der Waals surface area contributed by atoms with Gasteiger partial charge in [0.15, 0.2) is 5.52 Å². The first-order valence-corrected chi connectivity index (χ1v) is 15.8. The molecule has 9 nitrogen and oxygen atoms in total. The molecule has 4 N–H and O–H groups in total. The molecule has 1 aliphatic carbocycles. The van der Waals surface area contributed by atoms with E-state index in [-0.39, 0.29) is 17.4 Å². The largest absolute Gasteiger partial charge is 0.493 e. The summed E-state index contributed by atoms with van der Waals surface area (Å²) in [6, 6.07) is 13.5. The predicted molar refractivity (Wildman–Crippen MR) is 177 cm³/mol. The fourth-order valence-corrected chi connectivity index (χ4v) is 5.58. The first kappa shape index (κ1) is 33.4. The Labute approximate surface area is 255 Å². The van der Waals surface area contributed by atoms with E-state index in [2.05, 4.69) is 34.5 Å². The summed E-state index contributed by atoms with van der Waals surface area (Å²) in [5.41, 5.74) is 10.9. The Morgan fingerprint density at radius 1 is 1.07 bits per heavy atom. The number of nitrogens with zero attached hydrogens (tertiary/aromatic N) is 3. The lowest BCUT2D eigenvalue weighted by molar-refractivity contribution is -0.120. The number of fused-ring (bicyclic) bond motifs is 1. The van der Waals surface area contributed by atoms with Gasteiger partial charge in [-0.05, 0) is 74.8 Å². The molecule has 2 aromatic carbocycles. The summed E-state index contributed by atoms with van der Waals surface area (Å²) in [4.78, 5) is 33.8. The highest BCUT2D eigenvalue weighted by atomic mass is 16.5. The molecular formula is C34H48N6O3. The summed E-state index contributed by atoms with van der Waals surface area (Å²) in [5.74, 6) is 1.43. The van der Waals surface area contributed by atoms with Crippen molar-refractivity contribution in [1.82, 2.24) is 19.7 Å². The molecule has 2 aromatic heterocycles. The smallest absolute Gasteiger partial charge is 0.277 e. The number of hydrogen-bond donors (Lipinski definition) is 3. The van der Waals surface area contributed by atoms with Crippen molar-refractivity contribution in [1.29, 1.82) is 0 Å². The molecule has 0 radical (unpaired) electrons. The van der Waals surface area contributed by atoms with Gasteiger partial charge in [0.2, 0.25) is 5.91 Å². The third-order valence-electron chi connectivity index (χ3n) is 7.60. The van der Waals surface area contributed by atoms with Crippen LogP contribution in [0.4, 0.5) is 11.4 Å². The molecule has 2 heterocycles. The minimum absolute atomic E-state index is 0.0214. The Balaban J connectivity index is 0.00000121. The van der Waals surface area contributed by atoms with E-state index in [0.717, 1.165) is 55.3 Å². The van der Waals surface area contributed by atoms with Gasteiger partial charge in [0.1, 0.15) is 17.1 Å². The number of anilines is 2. The van der Waals surface area contributed by atoms with Crippen LogP contribution >= 0.6 is 0 Å². The summed E-state index contributed by atoms with van der Waals surface area (Å²) in [7, 11) is 1.77. The van der Waals surface area contributed by atoms with E-state index in [4.69, 9.17) is 15.5 Å². The van der Waals surface area contributed by atoms with Gasteiger partial charge in [-0.3, -0.25) is 14.3 Å². The molecule has 1 aliphatic rings. The van der Waals surface area contributed by atoms with Gasteiger partial charge in [-0.1, -0.05) is 59.2 Å². The molecule has 1 saturated carbocycles. The van der Waals surface area contributed by atoms with Crippen LogP contribution in [0.3, 0.4) is 0 Å². The highest BCUT2D eigenvalue weighted by Gasteiger charge is 2.28. The highest BCUT2D eigenvalue weighted by Crippen LogP contribution is 2.39. The maximum absolute atomic E-state index is 13.1. The SMILES string of the molecule is CC.CC.CCCc1nn(C)c2c(=O)[nH]c(-c3cc(C4CCC(C(=O)Nc5ccccc5N)CC4)ccc3OCC)nc12. The number of carbonyl (C=O) groups excluding carboxylic acids is 1. The molecule has 0 bridgehead atoms. The van der Waals surface area contributed by atoms with Gasteiger partial charge in [-0.2, -0.15) is 5.10 Å². The second-order valence-corrected chi connectivity index (χ2v) is 10.2. The number of ether oxygens (including phenoxy) is 1. The quantitative estimate of drug-likeness (QED) is 0.186. The third-order valence-corrected chi connectivity index (χ3v) is 7.60. The van der Waals surface area contributed by atoms with Gasteiger partial charge in [-0.25, -0.2) is 4.98 Å². The number of aromatic amines is 1. The number of nitrogen functional groups attached to an aromatic ring is 1. The summed E-state index contributed by atoms with van der Waals surface area (Å²) in [6.07, 6.45) is 5.03. The van der Waals surface area contributed by atoms with Crippen LogP contribution in [0.1, 0.15) is 90.8 Å². The second-order valence-electron chi connectivity index (χ2n) is 10.2. The number of nitrogens with one attached hydrogen (secondary N) is 2. The molecule has 4 aromatic rings. The molecule has 1 amide bonds. The molecule has 43 heavy (non-hydrogen) atoms. The molecule has 0 spiro atoms. The molecule has 9 heteroatoms. The lowest BCUT2D eigenvalue weighted by atomic mass is 9.78. The number of amides is 1. The normalized spacial score (nSPS) is 16.0.